The van der Waals surface area contributed by atoms with Crippen LogP contribution in [0.1, 0.15) is 29.6 Å². The minimum atomic E-state index is -0.144. The van der Waals surface area contributed by atoms with Gasteiger partial charge in [0, 0.05) is 12.7 Å². The molecule has 1 fully saturated rings. The third-order valence-corrected chi connectivity index (χ3v) is 3.30. The van der Waals surface area contributed by atoms with E-state index in [9.17, 15) is 4.79 Å². The Morgan fingerprint density at radius 2 is 2.35 bits per heavy atom. The highest BCUT2D eigenvalue weighted by atomic mass is 35.5. The van der Waals surface area contributed by atoms with Gasteiger partial charge in [0.2, 0.25) is 0 Å². The average Bonchev–Trinajstić information content (AvgIpc) is 2.26. The highest BCUT2D eigenvalue weighted by molar-refractivity contribution is 6.33. The van der Waals surface area contributed by atoms with Gasteiger partial charge in [-0.3, -0.25) is 4.79 Å². The number of pyridine rings is 1. The number of hydrogen-bond acceptors (Lipinski definition) is 4. The second-order valence-electron chi connectivity index (χ2n) is 4.21. The van der Waals surface area contributed by atoms with Gasteiger partial charge in [0.05, 0.1) is 10.6 Å². The Kier molecular flexibility index (Phi) is 3.81. The number of nitrogens with two attached hydrogens (primary N) is 1. The van der Waals surface area contributed by atoms with E-state index in [2.05, 4.69) is 15.7 Å². The molecule has 1 amide bonds. The van der Waals surface area contributed by atoms with Gasteiger partial charge in [-0.25, -0.2) is 10.8 Å². The summed E-state index contributed by atoms with van der Waals surface area (Å²) in [5.41, 5.74) is 2.81. The largest absolute Gasteiger partial charge is 0.352 e. The van der Waals surface area contributed by atoms with Gasteiger partial charge in [-0.15, -0.1) is 0 Å². The van der Waals surface area contributed by atoms with Crippen molar-refractivity contribution in [3.8, 4) is 0 Å². The van der Waals surface area contributed by atoms with Gasteiger partial charge >= 0.3 is 0 Å². The van der Waals surface area contributed by atoms with Gasteiger partial charge in [0.1, 0.15) is 0 Å². The van der Waals surface area contributed by atoms with Crippen molar-refractivity contribution in [3.63, 3.8) is 0 Å². The average molecular weight is 255 g/mol. The van der Waals surface area contributed by atoms with Crippen molar-refractivity contribution >= 4 is 23.3 Å². The monoisotopic (exact) mass is 254 g/mol. The van der Waals surface area contributed by atoms with Crippen LogP contribution in [0.5, 0.6) is 0 Å². The fraction of sp³-hybridized carbons (Fsp3) is 0.455. The number of hydrogen-bond donors (Lipinski definition) is 3. The van der Waals surface area contributed by atoms with Crippen LogP contribution >= 0.6 is 11.6 Å². The molecule has 1 aromatic rings. The highest BCUT2D eigenvalue weighted by Gasteiger charge is 2.18. The number of hydrazine groups is 1. The summed E-state index contributed by atoms with van der Waals surface area (Å²) in [6.45, 7) is 0.730. The van der Waals surface area contributed by atoms with Gasteiger partial charge in [0.25, 0.3) is 5.91 Å². The molecule has 0 atom stereocenters. The molecule has 1 heterocycles. The first-order valence-corrected chi connectivity index (χ1v) is 5.99. The lowest BCUT2D eigenvalue weighted by Gasteiger charge is -2.25. The van der Waals surface area contributed by atoms with Crippen LogP contribution in [0, 0.1) is 5.92 Å². The summed E-state index contributed by atoms with van der Waals surface area (Å²) in [6, 6.07) is 1.56. The maximum atomic E-state index is 11.8. The topological polar surface area (TPSA) is 80.0 Å². The molecule has 1 aromatic heterocycles. The number of aromatic nitrogens is 1. The third kappa shape index (κ3) is 2.87. The Morgan fingerprint density at radius 1 is 1.59 bits per heavy atom. The van der Waals surface area contributed by atoms with Crippen molar-refractivity contribution in [2.75, 3.05) is 12.0 Å². The summed E-state index contributed by atoms with van der Waals surface area (Å²) in [6.07, 6.45) is 5.13. The number of rotatable bonds is 4. The second kappa shape index (κ2) is 5.33. The highest BCUT2D eigenvalue weighted by Crippen LogP contribution is 2.25. The lowest BCUT2D eigenvalue weighted by Crippen LogP contribution is -2.32. The number of anilines is 1. The van der Waals surface area contributed by atoms with Gasteiger partial charge < -0.3 is 10.7 Å². The van der Waals surface area contributed by atoms with E-state index in [0.29, 0.717) is 22.3 Å². The van der Waals surface area contributed by atoms with Crippen LogP contribution < -0.4 is 16.6 Å². The van der Waals surface area contributed by atoms with E-state index in [4.69, 9.17) is 17.4 Å². The molecule has 4 N–H and O–H groups in total. The molecule has 17 heavy (non-hydrogen) atoms. The number of nitrogens with one attached hydrogen (secondary N) is 2. The Hall–Kier alpha value is -1.33. The fourth-order valence-electron chi connectivity index (χ4n) is 1.70. The molecule has 5 nitrogen and oxygen atoms in total. The Balaban J connectivity index is 1.95. The van der Waals surface area contributed by atoms with Gasteiger partial charge in [0.15, 0.2) is 5.82 Å². The van der Waals surface area contributed by atoms with Gasteiger partial charge in [-0.2, -0.15) is 0 Å². The zero-order valence-corrected chi connectivity index (χ0v) is 10.1. The number of nitrogen functional groups attached to an aromatic ring is 1. The van der Waals surface area contributed by atoms with E-state index in [0.717, 1.165) is 6.54 Å². The number of amides is 1. The molecule has 0 aromatic carbocycles. The Bertz CT molecular complexity index is 420. The van der Waals surface area contributed by atoms with Crippen molar-refractivity contribution in [1.82, 2.24) is 10.3 Å². The molecule has 1 saturated carbocycles. The predicted octanol–water partition coefficient (Wildman–Crippen LogP) is 1.55. The first kappa shape index (κ1) is 12.1. The summed E-state index contributed by atoms with van der Waals surface area (Å²) >= 11 is 5.89. The van der Waals surface area contributed by atoms with Crippen molar-refractivity contribution in [1.29, 1.82) is 0 Å². The summed E-state index contributed by atoms with van der Waals surface area (Å²) in [4.78, 5) is 15.7. The van der Waals surface area contributed by atoms with E-state index < -0.39 is 0 Å². The molecule has 0 unspecified atom stereocenters. The maximum Gasteiger partial charge on any atom is 0.252 e. The van der Waals surface area contributed by atoms with Crippen molar-refractivity contribution in [2.24, 2.45) is 11.8 Å². The first-order chi connectivity index (χ1) is 8.20. The minimum absolute atomic E-state index is 0.144. The summed E-state index contributed by atoms with van der Waals surface area (Å²) in [5, 5.41) is 3.21. The minimum Gasteiger partial charge on any atom is -0.352 e. The number of carbonyl (C=O) groups excluding carboxylic acids is 1. The van der Waals surface area contributed by atoms with E-state index in [-0.39, 0.29) is 5.91 Å². The molecule has 6 heteroatoms. The van der Waals surface area contributed by atoms with Gasteiger partial charge in [-0.1, -0.05) is 18.0 Å². The summed E-state index contributed by atoms with van der Waals surface area (Å²) in [7, 11) is 0. The molecule has 0 radical (unpaired) electrons. The van der Waals surface area contributed by atoms with Crippen LogP contribution in [0.3, 0.4) is 0 Å². The van der Waals surface area contributed by atoms with Crippen LogP contribution in [0.2, 0.25) is 5.02 Å². The van der Waals surface area contributed by atoms with Gasteiger partial charge in [-0.05, 0) is 24.8 Å². The van der Waals surface area contributed by atoms with Crippen LogP contribution in [0.25, 0.3) is 0 Å². The first-order valence-electron chi connectivity index (χ1n) is 5.61. The van der Waals surface area contributed by atoms with Crippen LogP contribution in [-0.4, -0.2) is 17.4 Å². The molecule has 0 aliphatic heterocycles. The summed E-state index contributed by atoms with van der Waals surface area (Å²) in [5.74, 6) is 6.05. The molecule has 1 aliphatic carbocycles. The zero-order chi connectivity index (χ0) is 12.3. The normalized spacial score (nSPS) is 15.2. The standard InChI is InChI=1S/C11H15ClN4O/c12-9-4-8(6-14-10(9)16-13)11(17)15-5-7-2-1-3-7/h4,6-7H,1-3,5,13H2,(H,14,16)(H,15,17). The van der Waals surface area contributed by atoms with Crippen molar-refractivity contribution in [3.05, 3.63) is 22.8 Å². The predicted molar refractivity (Wildman–Crippen MR) is 66.7 cm³/mol. The van der Waals surface area contributed by atoms with Crippen molar-refractivity contribution < 1.29 is 4.79 Å². The van der Waals surface area contributed by atoms with E-state index in [1.165, 1.54) is 25.5 Å². The third-order valence-electron chi connectivity index (χ3n) is 3.02. The number of carbonyl (C=O) groups is 1. The van der Waals surface area contributed by atoms with Crippen LogP contribution in [0.15, 0.2) is 12.3 Å². The molecule has 92 valence electrons. The fourth-order valence-corrected chi connectivity index (χ4v) is 1.93. The molecular formula is C11H15ClN4O. The lowest BCUT2D eigenvalue weighted by atomic mass is 9.85. The molecule has 1 aliphatic rings. The van der Waals surface area contributed by atoms with E-state index >= 15 is 0 Å². The van der Waals surface area contributed by atoms with Crippen molar-refractivity contribution in [2.45, 2.75) is 19.3 Å². The molecule has 2 rings (SSSR count). The zero-order valence-electron chi connectivity index (χ0n) is 9.37. The Morgan fingerprint density at radius 3 is 2.88 bits per heavy atom. The number of halogens is 1. The smallest absolute Gasteiger partial charge is 0.252 e. The Labute approximate surface area is 105 Å². The molecule has 0 spiro atoms. The maximum absolute atomic E-state index is 11.8. The SMILES string of the molecule is NNc1ncc(C(=O)NCC2CCC2)cc1Cl. The van der Waals surface area contributed by atoms with E-state index in [1.54, 1.807) is 6.07 Å². The summed E-state index contributed by atoms with van der Waals surface area (Å²) < 4.78 is 0. The second-order valence-corrected chi connectivity index (χ2v) is 4.61. The molecule has 0 saturated heterocycles. The van der Waals surface area contributed by atoms with Crippen LogP contribution in [-0.2, 0) is 0 Å². The van der Waals surface area contributed by atoms with Crippen LogP contribution in [0.4, 0.5) is 5.82 Å². The quantitative estimate of drug-likeness (QED) is 0.563. The van der Waals surface area contributed by atoms with E-state index in [1.807, 2.05) is 0 Å². The molecule has 0 bridgehead atoms. The lowest BCUT2D eigenvalue weighted by molar-refractivity contribution is 0.0939. The number of nitrogens with zero attached hydrogens (tertiary/aromatic N) is 1. The molecular weight excluding hydrogens is 240 g/mol.